The largest absolute Gasteiger partial charge is 0.445 e. The van der Waals surface area contributed by atoms with Gasteiger partial charge in [0.2, 0.25) is 0 Å². The number of aliphatic hydroxyl groups is 1. The van der Waals surface area contributed by atoms with Gasteiger partial charge in [-0.15, -0.1) is 0 Å². The second-order valence-corrected chi connectivity index (χ2v) is 8.28. The van der Waals surface area contributed by atoms with Gasteiger partial charge in [0.1, 0.15) is 6.61 Å². The normalized spacial score (nSPS) is 20.2. The molecule has 1 fully saturated rings. The first-order valence-electron chi connectivity index (χ1n) is 8.94. The zero-order chi connectivity index (χ0) is 18.5. The molecule has 1 unspecified atom stereocenters. The van der Waals surface area contributed by atoms with Crippen LogP contribution in [0.15, 0.2) is 30.3 Å². The van der Waals surface area contributed by atoms with Crippen molar-refractivity contribution in [2.45, 2.75) is 59.3 Å². The Morgan fingerprint density at radius 1 is 1.20 bits per heavy atom. The number of ether oxygens (including phenoxy) is 2. The van der Waals surface area contributed by atoms with Crippen molar-refractivity contribution in [3.8, 4) is 0 Å². The zero-order valence-electron chi connectivity index (χ0n) is 15.7. The lowest BCUT2D eigenvalue weighted by molar-refractivity contribution is -0.0688. The van der Waals surface area contributed by atoms with Gasteiger partial charge >= 0.3 is 6.09 Å². The molecule has 5 nitrogen and oxygen atoms in total. The molecule has 1 saturated carbocycles. The number of hydrogen-bond acceptors (Lipinski definition) is 4. The molecule has 1 aliphatic carbocycles. The lowest BCUT2D eigenvalue weighted by Gasteiger charge is -2.36. The smallest absolute Gasteiger partial charge is 0.407 e. The minimum absolute atomic E-state index is 0.0937. The second kappa shape index (κ2) is 8.19. The van der Waals surface area contributed by atoms with E-state index in [4.69, 9.17) is 9.47 Å². The molecule has 5 heteroatoms. The SMILES string of the molecule is CC1(C)CCC(C)(C)C1OCC(CO)NC(=O)OCc1ccccc1. The van der Waals surface area contributed by atoms with Crippen molar-refractivity contribution in [3.63, 3.8) is 0 Å². The number of rotatable bonds is 7. The highest BCUT2D eigenvalue weighted by Crippen LogP contribution is 2.50. The first kappa shape index (κ1) is 19.7. The summed E-state index contributed by atoms with van der Waals surface area (Å²) in [5, 5.41) is 12.2. The van der Waals surface area contributed by atoms with Crippen LogP contribution in [0.2, 0.25) is 0 Å². The van der Waals surface area contributed by atoms with Crippen molar-refractivity contribution in [1.82, 2.24) is 5.32 Å². The Bertz CT molecular complexity index is 540. The Morgan fingerprint density at radius 2 is 1.80 bits per heavy atom. The average Bonchev–Trinajstić information content (AvgIpc) is 2.79. The quantitative estimate of drug-likeness (QED) is 0.790. The summed E-state index contributed by atoms with van der Waals surface area (Å²) in [5.41, 5.74) is 1.11. The van der Waals surface area contributed by atoms with Gasteiger partial charge in [-0.2, -0.15) is 0 Å². The van der Waals surface area contributed by atoms with Gasteiger partial charge in [-0.25, -0.2) is 4.79 Å². The molecule has 0 saturated heterocycles. The Kier molecular flexibility index (Phi) is 6.47. The molecule has 0 bridgehead atoms. The van der Waals surface area contributed by atoms with E-state index >= 15 is 0 Å². The third-order valence-electron chi connectivity index (χ3n) is 5.05. The predicted molar refractivity (Wildman–Crippen MR) is 97.2 cm³/mol. The molecular weight excluding hydrogens is 318 g/mol. The predicted octanol–water partition coefficient (Wildman–Crippen LogP) is 3.51. The van der Waals surface area contributed by atoms with E-state index in [2.05, 4.69) is 33.0 Å². The highest BCUT2D eigenvalue weighted by molar-refractivity contribution is 5.67. The molecular formula is C20H31NO4. The van der Waals surface area contributed by atoms with Crippen LogP contribution in [-0.2, 0) is 16.1 Å². The Balaban J connectivity index is 1.80. The summed E-state index contributed by atoms with van der Waals surface area (Å²) in [6.45, 7) is 9.13. The van der Waals surface area contributed by atoms with Crippen LogP contribution in [0.5, 0.6) is 0 Å². The van der Waals surface area contributed by atoms with Gasteiger partial charge in [-0.05, 0) is 29.2 Å². The molecule has 1 aromatic rings. The molecule has 0 aliphatic heterocycles. The minimum Gasteiger partial charge on any atom is -0.445 e. The van der Waals surface area contributed by atoms with E-state index < -0.39 is 12.1 Å². The van der Waals surface area contributed by atoms with Gasteiger partial charge < -0.3 is 19.9 Å². The molecule has 2 rings (SSSR count). The molecule has 0 spiro atoms. The van der Waals surface area contributed by atoms with Gasteiger partial charge in [-0.3, -0.25) is 0 Å². The van der Waals surface area contributed by atoms with Crippen LogP contribution in [0.4, 0.5) is 4.79 Å². The summed E-state index contributed by atoms with van der Waals surface area (Å²) in [5.74, 6) is 0. The maximum Gasteiger partial charge on any atom is 0.407 e. The van der Waals surface area contributed by atoms with E-state index in [1.165, 1.54) is 0 Å². The van der Waals surface area contributed by atoms with Crippen LogP contribution in [-0.4, -0.2) is 36.6 Å². The Labute approximate surface area is 150 Å². The van der Waals surface area contributed by atoms with Crippen LogP contribution in [0.3, 0.4) is 0 Å². The second-order valence-electron chi connectivity index (χ2n) is 8.28. The molecule has 1 aliphatic rings. The standard InChI is InChI=1S/C20H31NO4/c1-19(2)10-11-20(3,4)17(19)24-14-16(12-22)21-18(23)25-13-15-8-6-5-7-9-15/h5-9,16-17,22H,10-14H2,1-4H3,(H,21,23). The first-order chi connectivity index (χ1) is 11.7. The van der Waals surface area contributed by atoms with E-state index in [1.807, 2.05) is 30.3 Å². The molecule has 2 N–H and O–H groups in total. The fraction of sp³-hybridized carbons (Fsp3) is 0.650. The van der Waals surface area contributed by atoms with Gasteiger partial charge in [0.25, 0.3) is 0 Å². The van der Waals surface area contributed by atoms with E-state index in [0.29, 0.717) is 0 Å². The van der Waals surface area contributed by atoms with Crippen LogP contribution in [0.1, 0.15) is 46.1 Å². The number of aliphatic hydroxyl groups excluding tert-OH is 1. The number of benzene rings is 1. The molecule has 140 valence electrons. The van der Waals surface area contributed by atoms with E-state index in [1.54, 1.807) is 0 Å². The molecule has 1 aromatic carbocycles. The molecule has 0 radical (unpaired) electrons. The summed E-state index contributed by atoms with van der Waals surface area (Å²) in [4.78, 5) is 11.9. The highest BCUT2D eigenvalue weighted by atomic mass is 16.5. The summed E-state index contributed by atoms with van der Waals surface area (Å²) < 4.78 is 11.3. The van der Waals surface area contributed by atoms with Crippen LogP contribution < -0.4 is 5.32 Å². The maximum atomic E-state index is 11.9. The number of nitrogens with one attached hydrogen (secondary N) is 1. The molecule has 25 heavy (non-hydrogen) atoms. The fourth-order valence-electron chi connectivity index (χ4n) is 3.70. The van der Waals surface area contributed by atoms with Crippen LogP contribution in [0, 0.1) is 10.8 Å². The lowest BCUT2D eigenvalue weighted by Crippen LogP contribution is -2.45. The van der Waals surface area contributed by atoms with E-state index in [0.717, 1.165) is 18.4 Å². The molecule has 1 amide bonds. The lowest BCUT2D eigenvalue weighted by atomic mass is 9.81. The minimum atomic E-state index is -0.545. The van der Waals surface area contributed by atoms with Gasteiger partial charge in [0, 0.05) is 0 Å². The Morgan fingerprint density at radius 3 is 2.36 bits per heavy atom. The monoisotopic (exact) mass is 349 g/mol. The summed E-state index contributed by atoms with van der Waals surface area (Å²) >= 11 is 0. The molecule has 0 aromatic heterocycles. The number of amides is 1. The maximum absolute atomic E-state index is 11.9. The first-order valence-corrected chi connectivity index (χ1v) is 8.94. The highest BCUT2D eigenvalue weighted by Gasteiger charge is 2.47. The molecule has 0 heterocycles. The number of carbonyl (C=O) groups is 1. The zero-order valence-corrected chi connectivity index (χ0v) is 15.7. The van der Waals surface area contributed by atoms with E-state index in [-0.39, 0.29) is 36.8 Å². The van der Waals surface area contributed by atoms with Gasteiger partial charge in [0.15, 0.2) is 0 Å². The van der Waals surface area contributed by atoms with Gasteiger partial charge in [0.05, 0.1) is 25.4 Å². The summed E-state index contributed by atoms with van der Waals surface area (Å²) in [7, 11) is 0. The van der Waals surface area contributed by atoms with Crippen molar-refractivity contribution in [2.75, 3.05) is 13.2 Å². The van der Waals surface area contributed by atoms with Crippen LogP contribution in [0.25, 0.3) is 0 Å². The van der Waals surface area contributed by atoms with E-state index in [9.17, 15) is 9.90 Å². The summed E-state index contributed by atoms with van der Waals surface area (Å²) in [6.07, 6.45) is 1.77. The van der Waals surface area contributed by atoms with Crippen molar-refractivity contribution in [2.24, 2.45) is 10.8 Å². The number of hydrogen-bond donors (Lipinski definition) is 2. The average molecular weight is 349 g/mol. The Hall–Kier alpha value is -1.59. The third kappa shape index (κ3) is 5.44. The van der Waals surface area contributed by atoms with Crippen molar-refractivity contribution < 1.29 is 19.4 Å². The van der Waals surface area contributed by atoms with Crippen molar-refractivity contribution in [3.05, 3.63) is 35.9 Å². The van der Waals surface area contributed by atoms with Gasteiger partial charge in [-0.1, -0.05) is 58.0 Å². The number of alkyl carbamates (subject to hydrolysis) is 1. The van der Waals surface area contributed by atoms with Crippen LogP contribution >= 0.6 is 0 Å². The van der Waals surface area contributed by atoms with Crippen molar-refractivity contribution >= 4 is 6.09 Å². The van der Waals surface area contributed by atoms with Crippen molar-refractivity contribution in [1.29, 1.82) is 0 Å². The number of carbonyl (C=O) groups excluding carboxylic acids is 1. The fourth-order valence-corrected chi connectivity index (χ4v) is 3.70. The third-order valence-corrected chi connectivity index (χ3v) is 5.05. The summed E-state index contributed by atoms with van der Waals surface area (Å²) in [6, 6.07) is 9.01. The molecule has 1 atom stereocenters. The topological polar surface area (TPSA) is 67.8 Å².